The van der Waals surface area contributed by atoms with Gasteiger partial charge in [-0.25, -0.2) is 4.98 Å². The third-order valence-corrected chi connectivity index (χ3v) is 3.40. The monoisotopic (exact) mass is 252 g/mol. The van der Waals surface area contributed by atoms with Crippen molar-refractivity contribution in [3.8, 4) is 0 Å². The molecule has 1 saturated heterocycles. The van der Waals surface area contributed by atoms with Crippen molar-refractivity contribution in [2.45, 2.75) is 32.3 Å². The Morgan fingerprint density at radius 1 is 1.44 bits per heavy atom. The molecule has 0 amide bonds. The van der Waals surface area contributed by atoms with E-state index in [1.807, 2.05) is 6.92 Å². The van der Waals surface area contributed by atoms with Gasteiger partial charge in [0.05, 0.1) is 11.8 Å². The lowest BCUT2D eigenvalue weighted by Crippen LogP contribution is -2.38. The van der Waals surface area contributed by atoms with Crippen molar-refractivity contribution < 1.29 is 4.74 Å². The number of ether oxygens (including phenoxy) is 1. The van der Waals surface area contributed by atoms with Crippen LogP contribution < -0.4 is 10.6 Å². The van der Waals surface area contributed by atoms with Gasteiger partial charge in [-0.2, -0.15) is 0 Å². The first kappa shape index (κ1) is 13.4. The minimum absolute atomic E-state index is 0.397. The smallest absolute Gasteiger partial charge is 0.205 e. The maximum Gasteiger partial charge on any atom is 0.205 e. The lowest BCUT2D eigenvalue weighted by molar-refractivity contribution is 0.0364. The van der Waals surface area contributed by atoms with E-state index in [0.717, 1.165) is 50.6 Å². The Hall–Kier alpha value is -1.07. The number of nitrogens with zero attached hydrogens (tertiary/aromatic N) is 3. The fraction of sp³-hybridized carbons (Fsp3) is 0.769. The molecule has 0 atom stereocenters. The molecule has 0 saturated carbocycles. The zero-order valence-corrected chi connectivity index (χ0v) is 11.4. The highest BCUT2D eigenvalue weighted by atomic mass is 16.5. The van der Waals surface area contributed by atoms with Crippen molar-refractivity contribution >= 4 is 5.95 Å². The number of hydrogen-bond donors (Lipinski definition) is 1. The van der Waals surface area contributed by atoms with Gasteiger partial charge in [0.1, 0.15) is 0 Å². The van der Waals surface area contributed by atoms with Crippen LogP contribution in [0.2, 0.25) is 0 Å². The maximum atomic E-state index is 5.81. The van der Waals surface area contributed by atoms with Crippen LogP contribution in [0, 0.1) is 6.92 Å². The summed E-state index contributed by atoms with van der Waals surface area (Å²) in [5.41, 5.74) is 6.54. The van der Waals surface area contributed by atoms with Gasteiger partial charge in [-0.05, 0) is 32.7 Å². The van der Waals surface area contributed by atoms with Crippen molar-refractivity contribution in [3.63, 3.8) is 0 Å². The Bertz CT molecular complexity index is 369. The van der Waals surface area contributed by atoms with Crippen LogP contribution in [0.25, 0.3) is 0 Å². The van der Waals surface area contributed by atoms with Gasteiger partial charge in [0.25, 0.3) is 0 Å². The molecule has 2 heterocycles. The number of imidazole rings is 1. The quantitative estimate of drug-likeness (QED) is 0.796. The largest absolute Gasteiger partial charge is 0.378 e. The normalized spacial score (nSPS) is 17.4. The molecule has 0 aromatic carbocycles. The maximum absolute atomic E-state index is 5.81. The highest BCUT2D eigenvalue weighted by Crippen LogP contribution is 2.20. The van der Waals surface area contributed by atoms with Crippen LogP contribution in [0.3, 0.4) is 0 Å². The van der Waals surface area contributed by atoms with Crippen LogP contribution in [-0.2, 0) is 11.8 Å². The van der Waals surface area contributed by atoms with Gasteiger partial charge >= 0.3 is 0 Å². The van der Waals surface area contributed by atoms with E-state index in [-0.39, 0.29) is 0 Å². The van der Waals surface area contributed by atoms with Gasteiger partial charge < -0.3 is 19.9 Å². The van der Waals surface area contributed by atoms with E-state index < -0.39 is 0 Å². The zero-order chi connectivity index (χ0) is 13.0. The number of piperidine rings is 1. The highest BCUT2D eigenvalue weighted by molar-refractivity contribution is 5.33. The van der Waals surface area contributed by atoms with Gasteiger partial charge in [-0.3, -0.25) is 0 Å². The van der Waals surface area contributed by atoms with E-state index in [0.29, 0.717) is 12.6 Å². The molecule has 1 fully saturated rings. The molecule has 0 aliphatic carbocycles. The summed E-state index contributed by atoms with van der Waals surface area (Å²) in [4.78, 5) is 6.91. The van der Waals surface area contributed by atoms with E-state index in [1.165, 1.54) is 0 Å². The van der Waals surface area contributed by atoms with Gasteiger partial charge in [0.2, 0.25) is 5.95 Å². The predicted molar refractivity (Wildman–Crippen MR) is 72.8 cm³/mol. The minimum Gasteiger partial charge on any atom is -0.378 e. The molecule has 2 N–H and O–H groups in total. The Balaban J connectivity index is 1.81. The lowest BCUT2D eigenvalue weighted by Gasteiger charge is -2.32. The number of aromatic nitrogens is 2. The molecule has 1 aromatic rings. The first-order valence-corrected chi connectivity index (χ1v) is 6.77. The molecule has 0 radical (unpaired) electrons. The van der Waals surface area contributed by atoms with Gasteiger partial charge in [0, 0.05) is 32.9 Å². The Labute approximate surface area is 109 Å². The van der Waals surface area contributed by atoms with E-state index in [4.69, 9.17) is 10.5 Å². The summed E-state index contributed by atoms with van der Waals surface area (Å²) >= 11 is 0. The molecule has 0 spiro atoms. The van der Waals surface area contributed by atoms with Crippen LogP contribution in [0.1, 0.15) is 25.0 Å². The third-order valence-electron chi connectivity index (χ3n) is 3.40. The van der Waals surface area contributed by atoms with Crippen molar-refractivity contribution in [3.05, 3.63) is 11.9 Å². The average molecular weight is 252 g/mol. The molecular weight excluding hydrogens is 228 g/mol. The predicted octanol–water partition coefficient (Wildman–Crippen LogP) is 1.06. The van der Waals surface area contributed by atoms with E-state index >= 15 is 0 Å². The highest BCUT2D eigenvalue weighted by Gasteiger charge is 2.22. The van der Waals surface area contributed by atoms with Crippen LogP contribution >= 0.6 is 0 Å². The van der Waals surface area contributed by atoms with Crippen molar-refractivity contribution in [2.24, 2.45) is 12.8 Å². The Morgan fingerprint density at radius 2 is 2.17 bits per heavy atom. The number of aryl methyl sites for hydroxylation is 2. The lowest BCUT2D eigenvalue weighted by atomic mass is 10.1. The molecule has 1 aliphatic rings. The molecule has 5 heteroatoms. The molecule has 1 aromatic heterocycles. The second-order valence-corrected chi connectivity index (χ2v) is 4.99. The third kappa shape index (κ3) is 3.23. The molecule has 2 rings (SSSR count). The Morgan fingerprint density at radius 3 is 2.72 bits per heavy atom. The SMILES string of the molecule is Cc1cn(C)c(N2CCC(OCCCN)CC2)n1. The Kier molecular flexibility index (Phi) is 4.60. The molecule has 5 nitrogen and oxygen atoms in total. The molecule has 0 bridgehead atoms. The minimum atomic E-state index is 0.397. The van der Waals surface area contributed by atoms with Crippen molar-refractivity contribution in [1.82, 2.24) is 9.55 Å². The number of hydrogen-bond acceptors (Lipinski definition) is 4. The second kappa shape index (κ2) is 6.20. The summed E-state index contributed by atoms with van der Waals surface area (Å²) in [6, 6.07) is 0. The zero-order valence-electron chi connectivity index (χ0n) is 11.4. The first-order chi connectivity index (χ1) is 8.70. The van der Waals surface area contributed by atoms with E-state index in [2.05, 4.69) is 27.7 Å². The van der Waals surface area contributed by atoms with Gasteiger partial charge in [-0.1, -0.05) is 0 Å². The van der Waals surface area contributed by atoms with Crippen LogP contribution in [0.4, 0.5) is 5.95 Å². The summed E-state index contributed by atoms with van der Waals surface area (Å²) < 4.78 is 7.91. The van der Waals surface area contributed by atoms with E-state index in [1.54, 1.807) is 0 Å². The molecule has 18 heavy (non-hydrogen) atoms. The topological polar surface area (TPSA) is 56.3 Å². The number of anilines is 1. The van der Waals surface area contributed by atoms with Crippen molar-refractivity contribution in [1.29, 1.82) is 0 Å². The number of rotatable bonds is 5. The standard InChI is InChI=1S/C13H24N4O/c1-11-10-16(2)13(15-11)17-7-4-12(5-8-17)18-9-3-6-14/h10,12H,3-9,14H2,1-2H3. The molecule has 0 unspecified atom stereocenters. The molecule has 1 aliphatic heterocycles. The summed E-state index contributed by atoms with van der Waals surface area (Å²) in [6.45, 7) is 5.59. The number of nitrogens with two attached hydrogens (primary N) is 1. The fourth-order valence-corrected chi connectivity index (χ4v) is 2.45. The summed E-state index contributed by atoms with van der Waals surface area (Å²) in [5.74, 6) is 1.08. The van der Waals surface area contributed by atoms with Crippen LogP contribution in [-0.4, -0.2) is 41.9 Å². The second-order valence-electron chi connectivity index (χ2n) is 4.99. The van der Waals surface area contributed by atoms with Crippen molar-refractivity contribution in [2.75, 3.05) is 31.1 Å². The molecule has 102 valence electrons. The van der Waals surface area contributed by atoms with Gasteiger partial charge in [-0.15, -0.1) is 0 Å². The van der Waals surface area contributed by atoms with Crippen LogP contribution in [0.5, 0.6) is 0 Å². The average Bonchev–Trinajstić information content (AvgIpc) is 2.70. The van der Waals surface area contributed by atoms with Gasteiger partial charge in [0.15, 0.2) is 0 Å². The summed E-state index contributed by atoms with van der Waals surface area (Å²) in [6.07, 6.45) is 5.58. The summed E-state index contributed by atoms with van der Waals surface area (Å²) in [5, 5.41) is 0. The summed E-state index contributed by atoms with van der Waals surface area (Å²) in [7, 11) is 2.05. The fourth-order valence-electron chi connectivity index (χ4n) is 2.45. The van der Waals surface area contributed by atoms with E-state index in [9.17, 15) is 0 Å². The first-order valence-electron chi connectivity index (χ1n) is 6.77. The van der Waals surface area contributed by atoms with Crippen LogP contribution in [0.15, 0.2) is 6.20 Å². The molecular formula is C13H24N4O.